The molecule has 0 atom stereocenters. The van der Waals surface area contributed by atoms with Crippen LogP contribution in [-0.4, -0.2) is 32.4 Å². The molecule has 0 radical (unpaired) electrons. The lowest BCUT2D eigenvalue weighted by Crippen LogP contribution is -2.32. The Morgan fingerprint density at radius 2 is 1.84 bits per heavy atom. The van der Waals surface area contributed by atoms with Crippen LogP contribution in [0, 0.1) is 0 Å². The molecule has 2 heterocycles. The number of methoxy groups -OCH3 is 2. The van der Waals surface area contributed by atoms with Crippen LogP contribution >= 0.6 is 0 Å². The highest BCUT2D eigenvalue weighted by Crippen LogP contribution is 2.42. The summed E-state index contributed by atoms with van der Waals surface area (Å²) in [5, 5.41) is 0.272. The second-order valence-corrected chi connectivity index (χ2v) is 8.21. The summed E-state index contributed by atoms with van der Waals surface area (Å²) in [5.74, 6) is 0.694. The van der Waals surface area contributed by atoms with Crippen molar-refractivity contribution in [3.05, 3.63) is 51.9 Å². The van der Waals surface area contributed by atoms with Crippen molar-refractivity contribution in [3.63, 3.8) is 0 Å². The van der Waals surface area contributed by atoms with Crippen LogP contribution in [0.15, 0.2) is 39.5 Å². The third-order valence-electron chi connectivity index (χ3n) is 5.62. The van der Waals surface area contributed by atoms with Crippen molar-refractivity contribution in [2.24, 2.45) is 0 Å². The molecular formula is C25H26O7. The van der Waals surface area contributed by atoms with Crippen LogP contribution in [0.4, 0.5) is 0 Å². The first-order valence-electron chi connectivity index (χ1n) is 10.5. The van der Waals surface area contributed by atoms with Crippen LogP contribution in [0.5, 0.6) is 17.2 Å². The van der Waals surface area contributed by atoms with Gasteiger partial charge in [-0.25, -0.2) is 4.79 Å². The molecule has 0 fully saturated rings. The van der Waals surface area contributed by atoms with E-state index < -0.39 is 5.97 Å². The Balaban J connectivity index is 2.07. The fourth-order valence-corrected chi connectivity index (χ4v) is 3.99. The second kappa shape index (κ2) is 8.22. The van der Waals surface area contributed by atoms with Gasteiger partial charge in [-0.2, -0.15) is 0 Å². The molecule has 1 aliphatic heterocycles. The predicted molar refractivity (Wildman–Crippen MR) is 120 cm³/mol. The lowest BCUT2D eigenvalue weighted by Gasteiger charge is -2.33. The molecule has 0 aliphatic carbocycles. The minimum Gasteiger partial charge on any atom is -0.497 e. The molecule has 32 heavy (non-hydrogen) atoms. The van der Waals surface area contributed by atoms with Crippen LogP contribution in [-0.2, 0) is 11.2 Å². The van der Waals surface area contributed by atoms with E-state index in [1.165, 1.54) is 7.11 Å². The third-order valence-corrected chi connectivity index (χ3v) is 5.62. The van der Waals surface area contributed by atoms with Gasteiger partial charge in [-0.3, -0.25) is 4.79 Å². The Labute approximate surface area is 185 Å². The molecule has 0 N–H and O–H groups in total. The van der Waals surface area contributed by atoms with Crippen molar-refractivity contribution < 1.29 is 28.2 Å². The maximum atomic E-state index is 13.8. The maximum absolute atomic E-state index is 13.8. The molecule has 0 spiro atoms. The van der Waals surface area contributed by atoms with E-state index in [1.807, 2.05) is 13.8 Å². The average molecular weight is 438 g/mol. The fraction of sp³-hybridized carbons (Fsp3) is 0.360. The highest BCUT2D eigenvalue weighted by Gasteiger charge is 2.33. The van der Waals surface area contributed by atoms with Gasteiger partial charge in [0.25, 0.3) is 0 Å². The molecule has 7 heteroatoms. The predicted octanol–water partition coefficient (Wildman–Crippen LogP) is 4.76. The second-order valence-electron chi connectivity index (χ2n) is 8.21. The molecule has 7 nitrogen and oxygen atoms in total. The summed E-state index contributed by atoms with van der Waals surface area (Å²) < 4.78 is 28.2. The quantitative estimate of drug-likeness (QED) is 0.531. The average Bonchev–Trinajstić information content (AvgIpc) is 2.77. The van der Waals surface area contributed by atoms with Crippen molar-refractivity contribution in [2.75, 3.05) is 20.8 Å². The van der Waals surface area contributed by atoms with E-state index in [0.717, 1.165) is 12.0 Å². The molecule has 0 saturated carbocycles. The van der Waals surface area contributed by atoms with Crippen LogP contribution in [0.2, 0.25) is 0 Å². The van der Waals surface area contributed by atoms with Gasteiger partial charge >= 0.3 is 5.97 Å². The van der Waals surface area contributed by atoms with Gasteiger partial charge in [0.05, 0.1) is 26.4 Å². The Bertz CT molecular complexity index is 1240. The monoisotopic (exact) mass is 438 g/mol. The van der Waals surface area contributed by atoms with Gasteiger partial charge in [-0.15, -0.1) is 0 Å². The lowest BCUT2D eigenvalue weighted by atomic mass is 9.92. The number of esters is 1. The van der Waals surface area contributed by atoms with Crippen LogP contribution in [0.1, 0.15) is 43.3 Å². The molecule has 0 bridgehead atoms. The number of carbonyl (C=O) groups is 1. The summed E-state index contributed by atoms with van der Waals surface area (Å²) in [5.41, 5.74) is 0.933. The first-order valence-corrected chi connectivity index (χ1v) is 10.5. The van der Waals surface area contributed by atoms with Crippen molar-refractivity contribution in [1.29, 1.82) is 0 Å². The van der Waals surface area contributed by atoms with Crippen molar-refractivity contribution in [2.45, 2.75) is 39.2 Å². The molecule has 168 valence electrons. The highest BCUT2D eigenvalue weighted by atomic mass is 16.5. The third kappa shape index (κ3) is 3.68. The zero-order chi connectivity index (χ0) is 23.0. The van der Waals surface area contributed by atoms with Gasteiger partial charge in [0.15, 0.2) is 0 Å². The Kier molecular flexibility index (Phi) is 5.59. The summed E-state index contributed by atoms with van der Waals surface area (Å²) in [6.45, 7) is 5.85. The van der Waals surface area contributed by atoms with Crippen molar-refractivity contribution in [1.82, 2.24) is 0 Å². The number of benzene rings is 2. The van der Waals surface area contributed by atoms with Gasteiger partial charge in [0, 0.05) is 11.6 Å². The number of hydrogen-bond donors (Lipinski definition) is 0. The topological polar surface area (TPSA) is 84.2 Å². The minimum absolute atomic E-state index is 0.119. The molecule has 1 aliphatic rings. The van der Waals surface area contributed by atoms with Crippen molar-refractivity contribution >= 4 is 16.9 Å². The highest BCUT2D eigenvalue weighted by molar-refractivity contribution is 6.00. The number of fused-ring (bicyclic) bond motifs is 3. The molecule has 0 amide bonds. The number of aryl methyl sites for hydroxylation is 1. The van der Waals surface area contributed by atoms with Crippen LogP contribution in [0.3, 0.4) is 0 Å². The number of carbonyl (C=O) groups excluding carboxylic acids is 1. The summed E-state index contributed by atoms with van der Waals surface area (Å²) >= 11 is 0. The van der Waals surface area contributed by atoms with E-state index in [0.29, 0.717) is 34.8 Å². The fourth-order valence-electron chi connectivity index (χ4n) is 3.99. The molecule has 1 aromatic heterocycles. The summed E-state index contributed by atoms with van der Waals surface area (Å²) in [7, 11) is 3.04. The number of ether oxygens (including phenoxy) is 4. The first kappa shape index (κ1) is 21.7. The lowest BCUT2D eigenvalue weighted by molar-refractivity contribution is 0.0491. The van der Waals surface area contributed by atoms with Crippen LogP contribution < -0.4 is 19.6 Å². The van der Waals surface area contributed by atoms with Crippen LogP contribution in [0.25, 0.3) is 22.1 Å². The van der Waals surface area contributed by atoms with Gasteiger partial charge in [0.2, 0.25) is 11.2 Å². The molecule has 0 saturated heterocycles. The smallest absolute Gasteiger partial charge is 0.375 e. The van der Waals surface area contributed by atoms with E-state index in [4.69, 9.17) is 23.4 Å². The zero-order valence-electron chi connectivity index (χ0n) is 18.9. The number of hydrogen-bond acceptors (Lipinski definition) is 7. The standard InChI is InChI=1S/C25H26O7/c1-6-30-24(27)23-19(14-7-9-15(28-4)10-8-14)21(26)20-18(29-5)13-17-16(22(20)31-23)11-12-25(2,3)32-17/h7-10,13H,6,11-12H2,1-5H3. The molecule has 4 rings (SSSR count). The largest absolute Gasteiger partial charge is 0.497 e. The van der Waals surface area contributed by atoms with Gasteiger partial charge < -0.3 is 23.4 Å². The Hall–Kier alpha value is -3.48. The minimum atomic E-state index is -0.703. The summed E-state index contributed by atoms with van der Waals surface area (Å²) in [6.07, 6.45) is 1.37. The van der Waals surface area contributed by atoms with Gasteiger partial charge in [0.1, 0.15) is 33.8 Å². The van der Waals surface area contributed by atoms with E-state index in [-0.39, 0.29) is 34.3 Å². The zero-order valence-corrected chi connectivity index (χ0v) is 18.9. The first-order chi connectivity index (χ1) is 15.3. The van der Waals surface area contributed by atoms with Gasteiger partial charge in [-0.05, 0) is 51.3 Å². The molecule has 0 unspecified atom stereocenters. The Morgan fingerprint density at radius 1 is 1.12 bits per heavy atom. The molecule has 2 aromatic carbocycles. The normalized spacial score (nSPS) is 14.4. The van der Waals surface area contributed by atoms with Crippen molar-refractivity contribution in [3.8, 4) is 28.4 Å². The summed E-state index contributed by atoms with van der Waals surface area (Å²) in [6, 6.07) is 8.56. The van der Waals surface area contributed by atoms with E-state index >= 15 is 0 Å². The number of rotatable bonds is 5. The molecule has 3 aromatic rings. The van der Waals surface area contributed by atoms with E-state index in [1.54, 1.807) is 44.4 Å². The van der Waals surface area contributed by atoms with E-state index in [9.17, 15) is 9.59 Å². The maximum Gasteiger partial charge on any atom is 0.375 e. The van der Waals surface area contributed by atoms with Gasteiger partial charge in [-0.1, -0.05) is 12.1 Å². The molecular weight excluding hydrogens is 412 g/mol. The SMILES string of the molecule is CCOC(=O)c1oc2c3c(cc(OC)c2c(=O)c1-c1ccc(OC)cc1)OC(C)(C)CC3. The van der Waals surface area contributed by atoms with E-state index in [2.05, 4.69) is 0 Å². The summed E-state index contributed by atoms with van der Waals surface area (Å²) in [4.78, 5) is 26.6. The Morgan fingerprint density at radius 3 is 2.47 bits per heavy atom.